The predicted molar refractivity (Wildman–Crippen MR) is 42.0 cm³/mol. The number of nitrogens with one attached hydrogen (secondary N) is 1. The van der Waals surface area contributed by atoms with Crippen LogP contribution in [0.25, 0.3) is 0 Å². The molecule has 0 fully saturated rings. The lowest BCUT2D eigenvalue weighted by atomic mass is 10.0. The number of carbonyl (C=O) groups excluding carboxylic acids is 3. The molecule has 0 aromatic carbocycles. The zero-order valence-electron chi connectivity index (χ0n) is 7.09. The summed E-state index contributed by atoms with van der Waals surface area (Å²) in [7, 11) is 0. The molecular formula is C7H12N2O3. The third-order valence-corrected chi connectivity index (χ3v) is 1.30. The van der Waals surface area contributed by atoms with Crippen LogP contribution >= 0.6 is 0 Å². The fourth-order valence-electron chi connectivity index (χ4n) is 0.790. The van der Waals surface area contributed by atoms with Crippen LogP contribution in [0, 0.1) is 5.92 Å². The van der Waals surface area contributed by atoms with Gasteiger partial charge in [-0.3, -0.25) is 14.4 Å². The lowest BCUT2D eigenvalue weighted by Gasteiger charge is -2.08. The van der Waals surface area contributed by atoms with Crippen molar-refractivity contribution in [2.75, 3.05) is 6.54 Å². The van der Waals surface area contributed by atoms with Crippen LogP contribution in [-0.2, 0) is 14.4 Å². The highest BCUT2D eigenvalue weighted by atomic mass is 16.2. The zero-order valence-corrected chi connectivity index (χ0v) is 7.09. The Bertz CT molecular complexity index is 199. The standard InChI is InChI=1S/C7H12N2O3/c1-3-9-7(12)5(4(2)10)6(8)11/h5H,3H2,1-2H3,(H2,8,11)(H,9,12). The van der Waals surface area contributed by atoms with E-state index in [1.165, 1.54) is 0 Å². The SMILES string of the molecule is CCNC(=O)C(C(C)=O)C(N)=O. The molecule has 2 amide bonds. The fraction of sp³-hybridized carbons (Fsp3) is 0.571. The molecule has 0 saturated carbocycles. The summed E-state index contributed by atoms with van der Waals surface area (Å²) >= 11 is 0. The van der Waals surface area contributed by atoms with E-state index >= 15 is 0 Å². The van der Waals surface area contributed by atoms with Crippen molar-refractivity contribution in [2.24, 2.45) is 11.7 Å². The summed E-state index contributed by atoms with van der Waals surface area (Å²) < 4.78 is 0. The van der Waals surface area contributed by atoms with Crippen LogP contribution in [0.4, 0.5) is 0 Å². The van der Waals surface area contributed by atoms with Crippen molar-refractivity contribution in [1.29, 1.82) is 0 Å². The first-order chi connectivity index (χ1) is 5.50. The first-order valence-electron chi connectivity index (χ1n) is 3.58. The average molecular weight is 172 g/mol. The number of nitrogens with two attached hydrogens (primary N) is 1. The minimum atomic E-state index is -1.34. The van der Waals surface area contributed by atoms with E-state index in [1.54, 1.807) is 6.92 Å². The molecule has 1 atom stereocenters. The van der Waals surface area contributed by atoms with Crippen LogP contribution in [0.15, 0.2) is 0 Å². The molecule has 0 aromatic rings. The second-order valence-electron chi connectivity index (χ2n) is 2.34. The topological polar surface area (TPSA) is 89.3 Å². The number of hydrogen-bond donors (Lipinski definition) is 2. The van der Waals surface area contributed by atoms with Crippen LogP contribution in [0.3, 0.4) is 0 Å². The second kappa shape index (κ2) is 4.48. The minimum absolute atomic E-state index is 0.371. The number of amides is 2. The number of primary amides is 1. The molecule has 3 N–H and O–H groups in total. The molecule has 12 heavy (non-hydrogen) atoms. The fourth-order valence-corrected chi connectivity index (χ4v) is 0.790. The van der Waals surface area contributed by atoms with Crippen LogP contribution < -0.4 is 11.1 Å². The zero-order chi connectivity index (χ0) is 9.72. The second-order valence-corrected chi connectivity index (χ2v) is 2.34. The van der Waals surface area contributed by atoms with E-state index < -0.39 is 23.5 Å². The Morgan fingerprint density at radius 1 is 1.42 bits per heavy atom. The van der Waals surface area contributed by atoms with Gasteiger partial charge >= 0.3 is 0 Å². The summed E-state index contributed by atoms with van der Waals surface area (Å²) in [6, 6.07) is 0. The van der Waals surface area contributed by atoms with Gasteiger partial charge in [0.05, 0.1) is 0 Å². The van der Waals surface area contributed by atoms with E-state index in [2.05, 4.69) is 5.32 Å². The minimum Gasteiger partial charge on any atom is -0.369 e. The van der Waals surface area contributed by atoms with Gasteiger partial charge in [0, 0.05) is 6.54 Å². The largest absolute Gasteiger partial charge is 0.369 e. The van der Waals surface area contributed by atoms with Gasteiger partial charge in [-0.1, -0.05) is 0 Å². The summed E-state index contributed by atoms with van der Waals surface area (Å²) in [5, 5.41) is 2.35. The summed E-state index contributed by atoms with van der Waals surface area (Å²) in [6.07, 6.45) is 0. The summed E-state index contributed by atoms with van der Waals surface area (Å²) in [6.45, 7) is 3.22. The molecule has 0 aliphatic heterocycles. The van der Waals surface area contributed by atoms with E-state index in [0.29, 0.717) is 6.54 Å². The maximum absolute atomic E-state index is 11.0. The molecule has 0 saturated heterocycles. The van der Waals surface area contributed by atoms with E-state index in [0.717, 1.165) is 6.92 Å². The van der Waals surface area contributed by atoms with Crippen molar-refractivity contribution in [3.63, 3.8) is 0 Å². The van der Waals surface area contributed by atoms with Gasteiger partial charge in [-0.25, -0.2) is 0 Å². The Labute approximate surface area is 70.3 Å². The Hall–Kier alpha value is -1.39. The quantitative estimate of drug-likeness (QED) is 0.523. The lowest BCUT2D eigenvalue weighted by Crippen LogP contribution is -2.42. The van der Waals surface area contributed by atoms with Gasteiger partial charge in [-0.05, 0) is 13.8 Å². The molecule has 0 spiro atoms. The van der Waals surface area contributed by atoms with Gasteiger partial charge < -0.3 is 11.1 Å². The molecule has 5 nitrogen and oxygen atoms in total. The number of carbonyl (C=O) groups is 3. The molecule has 68 valence electrons. The Morgan fingerprint density at radius 2 is 1.92 bits per heavy atom. The maximum Gasteiger partial charge on any atom is 0.240 e. The third-order valence-electron chi connectivity index (χ3n) is 1.30. The molecule has 0 aromatic heterocycles. The Morgan fingerprint density at radius 3 is 2.17 bits per heavy atom. The van der Waals surface area contributed by atoms with Gasteiger partial charge in [-0.2, -0.15) is 0 Å². The number of rotatable bonds is 4. The van der Waals surface area contributed by atoms with Gasteiger partial charge in [0.25, 0.3) is 0 Å². The Kier molecular flexibility index (Phi) is 3.96. The van der Waals surface area contributed by atoms with Gasteiger partial charge in [0.15, 0.2) is 11.7 Å². The first-order valence-corrected chi connectivity index (χ1v) is 3.58. The Balaban J connectivity index is 4.41. The van der Waals surface area contributed by atoms with Crippen molar-refractivity contribution in [3.8, 4) is 0 Å². The number of ketones is 1. The van der Waals surface area contributed by atoms with Crippen LogP contribution in [0.1, 0.15) is 13.8 Å². The molecule has 0 radical (unpaired) electrons. The normalized spacial score (nSPS) is 11.8. The van der Waals surface area contributed by atoms with Gasteiger partial charge in [0.1, 0.15) is 0 Å². The van der Waals surface area contributed by atoms with Crippen LogP contribution in [0.2, 0.25) is 0 Å². The van der Waals surface area contributed by atoms with Crippen molar-refractivity contribution in [1.82, 2.24) is 5.32 Å². The molecule has 0 heterocycles. The monoisotopic (exact) mass is 172 g/mol. The van der Waals surface area contributed by atoms with Crippen LogP contribution in [-0.4, -0.2) is 24.1 Å². The van der Waals surface area contributed by atoms with Crippen LogP contribution in [0.5, 0.6) is 0 Å². The van der Waals surface area contributed by atoms with E-state index in [9.17, 15) is 14.4 Å². The third kappa shape index (κ3) is 2.69. The van der Waals surface area contributed by atoms with Crippen molar-refractivity contribution in [3.05, 3.63) is 0 Å². The highest BCUT2D eigenvalue weighted by Crippen LogP contribution is 1.96. The van der Waals surface area contributed by atoms with Gasteiger partial charge in [0.2, 0.25) is 11.8 Å². The van der Waals surface area contributed by atoms with Crippen molar-refractivity contribution in [2.45, 2.75) is 13.8 Å². The molecule has 0 aliphatic rings. The first kappa shape index (κ1) is 10.6. The maximum atomic E-state index is 11.0. The highest BCUT2D eigenvalue weighted by molar-refractivity contribution is 6.16. The molecule has 0 rings (SSSR count). The molecule has 0 aliphatic carbocycles. The molecule has 5 heteroatoms. The number of Topliss-reactive ketones (excluding diaryl/α,β-unsaturated/α-hetero) is 1. The smallest absolute Gasteiger partial charge is 0.240 e. The van der Waals surface area contributed by atoms with E-state index in [4.69, 9.17) is 5.73 Å². The molecular weight excluding hydrogens is 160 g/mol. The summed E-state index contributed by atoms with van der Waals surface area (Å²) in [4.78, 5) is 32.3. The summed E-state index contributed by atoms with van der Waals surface area (Å²) in [5.74, 6) is -3.41. The predicted octanol–water partition coefficient (Wildman–Crippen LogP) is -1.19. The molecule has 1 unspecified atom stereocenters. The number of hydrogen-bond acceptors (Lipinski definition) is 3. The molecule has 0 bridgehead atoms. The highest BCUT2D eigenvalue weighted by Gasteiger charge is 2.28. The average Bonchev–Trinajstić information content (AvgIpc) is 1.85. The van der Waals surface area contributed by atoms with Gasteiger partial charge in [-0.15, -0.1) is 0 Å². The van der Waals surface area contributed by atoms with Crippen molar-refractivity contribution >= 4 is 17.6 Å². The summed E-state index contributed by atoms with van der Waals surface area (Å²) in [5.41, 5.74) is 4.85. The van der Waals surface area contributed by atoms with E-state index in [1.807, 2.05) is 0 Å². The van der Waals surface area contributed by atoms with Crippen molar-refractivity contribution < 1.29 is 14.4 Å². The van der Waals surface area contributed by atoms with E-state index in [-0.39, 0.29) is 0 Å². The lowest BCUT2D eigenvalue weighted by molar-refractivity contribution is -0.139.